The number of nitrogens with two attached hydrogens (primary N) is 1. The highest BCUT2D eigenvalue weighted by atomic mass is 35.5. The van der Waals surface area contributed by atoms with Crippen LogP contribution in [-0.4, -0.2) is 21.7 Å². The van der Waals surface area contributed by atoms with Crippen LogP contribution < -0.4 is 5.73 Å². The van der Waals surface area contributed by atoms with Crippen molar-refractivity contribution in [3.8, 4) is 5.88 Å². The molecule has 0 unspecified atom stereocenters. The van der Waals surface area contributed by atoms with Gasteiger partial charge >= 0.3 is 0 Å². The molecule has 0 radical (unpaired) electrons. The molecule has 0 aliphatic carbocycles. The van der Waals surface area contributed by atoms with Crippen molar-refractivity contribution < 1.29 is 9.90 Å². The zero-order valence-corrected chi connectivity index (χ0v) is 13.1. The summed E-state index contributed by atoms with van der Waals surface area (Å²) in [6.07, 6.45) is 0. The first-order valence-corrected chi connectivity index (χ1v) is 7.29. The molecule has 0 spiro atoms. The van der Waals surface area contributed by atoms with Crippen LogP contribution in [0.3, 0.4) is 0 Å². The summed E-state index contributed by atoms with van der Waals surface area (Å²) in [5.74, 6) is -0.525. The zero-order valence-electron chi connectivity index (χ0n) is 12.3. The number of carbonyl (C=O) groups excluding carboxylic acids is 1. The Bertz CT molecular complexity index is 927. The van der Waals surface area contributed by atoms with Crippen molar-refractivity contribution in [3.05, 3.63) is 58.6 Å². The van der Waals surface area contributed by atoms with Crippen LogP contribution in [0.4, 0.5) is 5.69 Å². The van der Waals surface area contributed by atoms with E-state index in [1.54, 1.807) is 49.4 Å². The number of halogens is 1. The molecule has 23 heavy (non-hydrogen) atoms. The summed E-state index contributed by atoms with van der Waals surface area (Å²) < 4.78 is 0. The third kappa shape index (κ3) is 2.91. The van der Waals surface area contributed by atoms with E-state index in [4.69, 9.17) is 17.3 Å². The minimum atomic E-state index is -0.522. The number of aromatic nitrogens is 1. The Labute approximate surface area is 137 Å². The summed E-state index contributed by atoms with van der Waals surface area (Å²) in [5.41, 5.74) is 8.26. The van der Waals surface area contributed by atoms with E-state index in [-0.39, 0.29) is 5.88 Å². The number of primary amides is 1. The zero-order chi connectivity index (χ0) is 16.6. The second-order valence-electron chi connectivity index (χ2n) is 5.15. The van der Waals surface area contributed by atoms with Crippen LogP contribution in [0.5, 0.6) is 5.88 Å². The number of H-pyrrole nitrogens is 1. The maximum atomic E-state index is 11.4. The molecule has 3 aromatic rings. The van der Waals surface area contributed by atoms with Crippen molar-refractivity contribution in [1.82, 2.24) is 4.98 Å². The van der Waals surface area contributed by atoms with Gasteiger partial charge in [-0.2, -0.15) is 0 Å². The third-order valence-corrected chi connectivity index (χ3v) is 3.80. The van der Waals surface area contributed by atoms with E-state index in [1.165, 1.54) is 0 Å². The van der Waals surface area contributed by atoms with Crippen molar-refractivity contribution in [2.75, 3.05) is 0 Å². The molecule has 116 valence electrons. The number of fused-ring (bicyclic) bond motifs is 1. The second-order valence-corrected chi connectivity index (χ2v) is 5.58. The van der Waals surface area contributed by atoms with Crippen LogP contribution in [0.15, 0.2) is 47.5 Å². The number of carbonyl (C=O) groups is 1. The molecular formula is C17H14ClN3O2. The van der Waals surface area contributed by atoms with Crippen LogP contribution in [-0.2, 0) is 0 Å². The Morgan fingerprint density at radius 1 is 1.22 bits per heavy atom. The van der Waals surface area contributed by atoms with E-state index in [0.29, 0.717) is 38.5 Å². The summed E-state index contributed by atoms with van der Waals surface area (Å²) in [6.45, 7) is 1.79. The van der Waals surface area contributed by atoms with Gasteiger partial charge in [0.2, 0.25) is 5.91 Å². The first kappa shape index (κ1) is 15.1. The molecule has 1 heterocycles. The molecule has 0 atom stereocenters. The van der Waals surface area contributed by atoms with Crippen LogP contribution in [0.1, 0.15) is 22.8 Å². The monoisotopic (exact) mass is 327 g/mol. The molecule has 0 bridgehead atoms. The fourth-order valence-electron chi connectivity index (χ4n) is 2.46. The number of benzene rings is 2. The first-order valence-electron chi connectivity index (χ1n) is 6.91. The highest BCUT2D eigenvalue weighted by Crippen LogP contribution is 2.30. The molecule has 1 aromatic heterocycles. The molecule has 2 aromatic carbocycles. The van der Waals surface area contributed by atoms with E-state index >= 15 is 0 Å². The first-order chi connectivity index (χ1) is 11.0. The predicted octanol–water partition coefficient (Wildman–Crippen LogP) is 3.77. The average molecular weight is 328 g/mol. The molecule has 6 heteroatoms. The summed E-state index contributed by atoms with van der Waals surface area (Å²) in [5, 5.41) is 11.5. The highest BCUT2D eigenvalue weighted by Gasteiger charge is 2.15. The van der Waals surface area contributed by atoms with Crippen LogP contribution in [0, 0.1) is 0 Å². The second kappa shape index (κ2) is 5.78. The quantitative estimate of drug-likeness (QED) is 0.639. The molecule has 5 nitrogen and oxygen atoms in total. The lowest BCUT2D eigenvalue weighted by molar-refractivity contribution is 0.100. The molecule has 0 saturated carbocycles. The lowest BCUT2D eigenvalue weighted by atomic mass is 10.1. The summed E-state index contributed by atoms with van der Waals surface area (Å²) in [4.78, 5) is 18.7. The van der Waals surface area contributed by atoms with Gasteiger partial charge in [-0.25, -0.2) is 0 Å². The summed E-state index contributed by atoms with van der Waals surface area (Å²) >= 11 is 5.86. The van der Waals surface area contributed by atoms with Gasteiger partial charge in [0.1, 0.15) is 0 Å². The smallest absolute Gasteiger partial charge is 0.248 e. The average Bonchev–Trinajstić information content (AvgIpc) is 2.84. The maximum Gasteiger partial charge on any atom is 0.248 e. The van der Waals surface area contributed by atoms with Gasteiger partial charge in [0.25, 0.3) is 0 Å². The van der Waals surface area contributed by atoms with Gasteiger partial charge in [0, 0.05) is 21.5 Å². The fourth-order valence-corrected chi connectivity index (χ4v) is 2.59. The number of hydrogen-bond donors (Lipinski definition) is 3. The van der Waals surface area contributed by atoms with Crippen molar-refractivity contribution >= 4 is 39.8 Å². The standard InChI is InChI=1S/C17H14ClN3O2/c1-9(20-12-5-3-11(18)4-6-12)15-13-8-10(16(19)22)2-7-14(13)21-17(15)23/h2-8,21,23H,1H3,(H2,19,22). The van der Waals surface area contributed by atoms with Crippen molar-refractivity contribution in [2.24, 2.45) is 10.7 Å². The molecule has 0 fully saturated rings. The largest absolute Gasteiger partial charge is 0.494 e. The van der Waals surface area contributed by atoms with Crippen LogP contribution in [0.25, 0.3) is 10.9 Å². The van der Waals surface area contributed by atoms with Gasteiger partial charge in [-0.3, -0.25) is 9.79 Å². The van der Waals surface area contributed by atoms with Gasteiger partial charge in [0.05, 0.1) is 17.0 Å². The highest BCUT2D eigenvalue weighted by molar-refractivity contribution is 6.30. The number of aliphatic imine (C=N–C) groups is 1. The molecule has 4 N–H and O–H groups in total. The van der Waals surface area contributed by atoms with Gasteiger partial charge in [-0.15, -0.1) is 0 Å². The van der Waals surface area contributed by atoms with Crippen LogP contribution in [0.2, 0.25) is 5.02 Å². The summed E-state index contributed by atoms with van der Waals surface area (Å²) in [7, 11) is 0. The van der Waals surface area contributed by atoms with Gasteiger partial charge in [-0.1, -0.05) is 11.6 Å². The summed E-state index contributed by atoms with van der Waals surface area (Å²) in [6, 6.07) is 12.0. The Morgan fingerprint density at radius 3 is 2.57 bits per heavy atom. The Morgan fingerprint density at radius 2 is 1.91 bits per heavy atom. The number of hydrogen-bond acceptors (Lipinski definition) is 3. The fraction of sp³-hybridized carbons (Fsp3) is 0.0588. The molecular weight excluding hydrogens is 314 g/mol. The molecule has 1 amide bonds. The topological polar surface area (TPSA) is 91.5 Å². The minimum Gasteiger partial charge on any atom is -0.494 e. The van der Waals surface area contributed by atoms with E-state index < -0.39 is 5.91 Å². The Kier molecular flexibility index (Phi) is 3.80. The Hall–Kier alpha value is -2.79. The lowest BCUT2D eigenvalue weighted by Crippen LogP contribution is -2.10. The molecule has 0 saturated heterocycles. The van der Waals surface area contributed by atoms with E-state index in [2.05, 4.69) is 9.98 Å². The van der Waals surface area contributed by atoms with Crippen molar-refractivity contribution in [1.29, 1.82) is 0 Å². The maximum absolute atomic E-state index is 11.4. The van der Waals surface area contributed by atoms with Gasteiger partial charge < -0.3 is 15.8 Å². The third-order valence-electron chi connectivity index (χ3n) is 3.55. The van der Waals surface area contributed by atoms with Gasteiger partial charge in [0.15, 0.2) is 5.88 Å². The van der Waals surface area contributed by atoms with E-state index in [1.807, 2.05) is 0 Å². The van der Waals surface area contributed by atoms with E-state index in [9.17, 15) is 9.90 Å². The number of aromatic amines is 1. The lowest BCUT2D eigenvalue weighted by Gasteiger charge is -2.02. The number of nitrogens with zero attached hydrogens (tertiary/aromatic N) is 1. The van der Waals surface area contributed by atoms with Crippen molar-refractivity contribution in [2.45, 2.75) is 6.92 Å². The van der Waals surface area contributed by atoms with Crippen LogP contribution >= 0.6 is 11.6 Å². The predicted molar refractivity (Wildman–Crippen MR) is 91.8 cm³/mol. The SMILES string of the molecule is CC(=Nc1ccc(Cl)cc1)c1c(O)[nH]c2ccc(C(N)=O)cc12. The van der Waals surface area contributed by atoms with Crippen molar-refractivity contribution in [3.63, 3.8) is 0 Å². The molecule has 0 aliphatic heterocycles. The Balaban J connectivity index is 2.14. The normalized spacial score (nSPS) is 11.8. The number of aromatic hydroxyl groups is 1. The molecule has 0 aliphatic rings. The molecule has 3 rings (SSSR count). The minimum absolute atomic E-state index is 0.00293. The van der Waals surface area contributed by atoms with Gasteiger partial charge in [-0.05, 0) is 49.4 Å². The van der Waals surface area contributed by atoms with E-state index in [0.717, 1.165) is 0 Å². The number of nitrogens with one attached hydrogen (secondary N) is 1. The number of rotatable bonds is 3. The number of amides is 1.